The molecular weight excluding hydrogens is 838 g/mol. The van der Waals surface area contributed by atoms with Crippen LogP contribution in [0.15, 0.2) is 60.0 Å². The van der Waals surface area contributed by atoms with Crippen molar-refractivity contribution >= 4 is 57.7 Å². The van der Waals surface area contributed by atoms with Gasteiger partial charge in [0, 0.05) is 24.3 Å². The van der Waals surface area contributed by atoms with Gasteiger partial charge in [-0.1, -0.05) is 45.9 Å². The second kappa shape index (κ2) is 15.7. The highest BCUT2D eigenvalue weighted by atomic mass is 31.2. The second-order valence-electron chi connectivity index (χ2n) is 16.8. The second-order valence-corrected chi connectivity index (χ2v) is 25.0. The maximum Gasteiger partial charge on any atom is 0.472 e. The number of nitrogens with zero attached hydrogens (tertiary/aromatic N) is 6. The van der Waals surface area contributed by atoms with Crippen LogP contribution in [0.25, 0.3) is 22.2 Å². The molecule has 3 aliphatic rings. The Balaban J connectivity index is 1.12. The summed E-state index contributed by atoms with van der Waals surface area (Å²) in [4.78, 5) is 57.4. The molecule has 1 amide bonds. The number of imidazole rings is 1. The number of carbonyl (C=O) groups is 1. The molecule has 0 saturated carbocycles. The molecule has 60 heavy (non-hydrogen) atoms. The highest BCUT2D eigenvalue weighted by Gasteiger charge is 2.56. The van der Waals surface area contributed by atoms with Crippen molar-refractivity contribution < 1.29 is 50.8 Å². The smallest absolute Gasteiger partial charge is 0.408 e. The Labute approximate surface area is 345 Å². The van der Waals surface area contributed by atoms with E-state index in [4.69, 9.17) is 32.0 Å². The number of phosphoric ester groups is 1. The van der Waals surface area contributed by atoms with Crippen molar-refractivity contribution in [3.05, 3.63) is 77.0 Å². The Morgan fingerprint density at radius 3 is 2.42 bits per heavy atom. The topological polar surface area (TPSA) is 242 Å². The van der Waals surface area contributed by atoms with Crippen LogP contribution in [-0.2, 0) is 41.1 Å². The van der Waals surface area contributed by atoms with Crippen LogP contribution in [0.4, 0.5) is 5.82 Å². The number of ether oxygens (including phenoxy) is 2. The number of carbonyl (C=O) groups excluding carboxylic acids is 1. The first kappa shape index (κ1) is 42.7. The van der Waals surface area contributed by atoms with E-state index in [9.17, 15) is 23.6 Å². The lowest BCUT2D eigenvalue weighted by Crippen LogP contribution is -2.50. The molecule has 0 spiro atoms. The van der Waals surface area contributed by atoms with Crippen molar-refractivity contribution in [1.82, 2.24) is 34.1 Å². The van der Waals surface area contributed by atoms with E-state index >= 15 is 0 Å². The van der Waals surface area contributed by atoms with Gasteiger partial charge in [0.05, 0.1) is 24.9 Å². The van der Waals surface area contributed by atoms with E-state index in [0.717, 1.165) is 0 Å². The number of rotatable bonds is 6. The van der Waals surface area contributed by atoms with Crippen molar-refractivity contribution in [1.29, 1.82) is 0 Å². The third kappa shape index (κ3) is 8.21. The normalized spacial score (nSPS) is 31.7. The Bertz CT molecular complexity index is 2580. The van der Waals surface area contributed by atoms with E-state index in [0.29, 0.717) is 22.4 Å². The van der Waals surface area contributed by atoms with Gasteiger partial charge in [0.2, 0.25) is 0 Å². The number of aromatic amines is 1. The van der Waals surface area contributed by atoms with Crippen molar-refractivity contribution in [3.8, 4) is 0 Å². The van der Waals surface area contributed by atoms with Crippen molar-refractivity contribution in [2.75, 3.05) is 25.2 Å². The van der Waals surface area contributed by atoms with Gasteiger partial charge in [0.15, 0.2) is 25.7 Å². The first-order valence-electron chi connectivity index (χ1n) is 19.4. The number of fused-ring (bicyclic) bond motifs is 5. The molecule has 3 N–H and O–H groups in total. The number of nitrogens with one attached hydrogen (secondary N) is 2. The monoisotopic (exact) mass is 886 g/mol. The van der Waals surface area contributed by atoms with Crippen LogP contribution in [0.3, 0.4) is 0 Å². The maximum absolute atomic E-state index is 14.3. The summed E-state index contributed by atoms with van der Waals surface area (Å²) in [6.45, 7) is 14.0. The minimum atomic E-state index is -5.01. The molecule has 322 valence electrons. The van der Waals surface area contributed by atoms with E-state index in [1.807, 2.05) is 46.9 Å². The largest absolute Gasteiger partial charge is 0.472 e. The minimum Gasteiger partial charge on any atom is -0.408 e. The van der Waals surface area contributed by atoms with Gasteiger partial charge in [-0.25, -0.2) is 24.5 Å². The van der Waals surface area contributed by atoms with Crippen molar-refractivity contribution in [2.24, 2.45) is 5.92 Å². The zero-order valence-electron chi connectivity index (χ0n) is 34.2. The zero-order valence-corrected chi connectivity index (χ0v) is 37.0. The summed E-state index contributed by atoms with van der Waals surface area (Å²) < 4.78 is 75.6. The number of hydrogen-bond donors (Lipinski definition) is 3. The molecule has 4 unspecified atom stereocenters. The van der Waals surface area contributed by atoms with Gasteiger partial charge < -0.3 is 42.7 Å². The first-order valence-corrected chi connectivity index (χ1v) is 25.8. The van der Waals surface area contributed by atoms with E-state index in [1.54, 1.807) is 48.0 Å². The molecule has 7 heterocycles. The fourth-order valence-electron chi connectivity index (χ4n) is 7.42. The minimum absolute atomic E-state index is 0.0111. The number of phosphoric acid groups is 1. The number of benzene rings is 1. The SMILES string of the molecule is Cc1nc2c(ncn2[C@@H]2O[C@@H]3COP(C)(=O)O[C@@H]4C(C)[C@H](n5ccc6c(NC(=O)c7ccccc7)ncnc65)O[C@@H]4COP(=O)(O)OC2[C@H]3O[Si](C)(C)C(C)(C)C)c(=O)[nH]1. The first-order chi connectivity index (χ1) is 28.2. The van der Waals surface area contributed by atoms with Crippen molar-refractivity contribution in [3.63, 3.8) is 0 Å². The molecule has 20 nitrogen and oxygen atoms in total. The van der Waals surface area contributed by atoms with Crippen LogP contribution >= 0.6 is 15.4 Å². The van der Waals surface area contributed by atoms with Gasteiger partial charge >= 0.3 is 15.4 Å². The summed E-state index contributed by atoms with van der Waals surface area (Å²) in [7, 11) is -11.7. The predicted molar refractivity (Wildman–Crippen MR) is 219 cm³/mol. The van der Waals surface area contributed by atoms with E-state index in [1.165, 1.54) is 23.9 Å². The summed E-state index contributed by atoms with van der Waals surface area (Å²) in [6, 6.07) is 10.4. The molecule has 2 bridgehead atoms. The lowest BCUT2D eigenvalue weighted by Gasteiger charge is -2.40. The van der Waals surface area contributed by atoms with Gasteiger partial charge in [0.25, 0.3) is 11.5 Å². The number of H-pyrrole nitrogens is 1. The maximum atomic E-state index is 14.3. The molecule has 1 aromatic carbocycles. The average Bonchev–Trinajstić information content (AvgIpc) is 3.94. The Morgan fingerprint density at radius 2 is 1.68 bits per heavy atom. The molecule has 4 aromatic heterocycles. The molecule has 0 aliphatic carbocycles. The molecule has 23 heteroatoms. The molecule has 3 saturated heterocycles. The zero-order chi connectivity index (χ0) is 42.9. The summed E-state index contributed by atoms with van der Waals surface area (Å²) in [5.74, 6) is -0.341. The third-order valence-corrected chi connectivity index (χ3v) is 18.2. The number of aromatic nitrogens is 7. The predicted octanol–water partition coefficient (Wildman–Crippen LogP) is 5.69. The highest BCUT2D eigenvalue weighted by Crippen LogP contribution is 2.56. The Hall–Kier alpha value is -3.98. The van der Waals surface area contributed by atoms with E-state index < -0.39 is 84.8 Å². The van der Waals surface area contributed by atoms with Crippen LogP contribution < -0.4 is 10.9 Å². The Morgan fingerprint density at radius 1 is 0.967 bits per heavy atom. The number of anilines is 1. The average molecular weight is 887 g/mol. The summed E-state index contributed by atoms with van der Waals surface area (Å²) in [5.41, 5.74) is 0.521. The molecule has 8 rings (SSSR count). The van der Waals surface area contributed by atoms with Gasteiger partial charge in [-0.3, -0.25) is 27.8 Å². The van der Waals surface area contributed by atoms with Crippen LogP contribution in [-0.4, -0.2) is 104 Å². The summed E-state index contributed by atoms with van der Waals surface area (Å²) in [5, 5.41) is 3.04. The summed E-state index contributed by atoms with van der Waals surface area (Å²) >= 11 is 0. The molecule has 10 atom stereocenters. The molecular formula is C37H48N8O12P2Si. The van der Waals surface area contributed by atoms with Gasteiger partial charge in [-0.2, -0.15) is 0 Å². The quantitative estimate of drug-likeness (QED) is 0.137. The molecule has 3 aliphatic heterocycles. The van der Waals surface area contributed by atoms with E-state index in [2.05, 4.69) is 30.2 Å². The Kier molecular flexibility index (Phi) is 11.2. The fourth-order valence-corrected chi connectivity index (χ4v) is 10.9. The van der Waals surface area contributed by atoms with Crippen LogP contribution in [0.1, 0.15) is 56.3 Å². The van der Waals surface area contributed by atoms with E-state index in [-0.39, 0.29) is 34.5 Å². The fraction of sp³-hybridized carbons (Fsp3) is 0.514. The van der Waals surface area contributed by atoms with Crippen molar-refractivity contribution in [2.45, 2.75) is 95.7 Å². The van der Waals surface area contributed by atoms with Crippen LogP contribution in [0.5, 0.6) is 0 Å². The van der Waals surface area contributed by atoms with Gasteiger partial charge in [0.1, 0.15) is 60.4 Å². The highest BCUT2D eigenvalue weighted by molar-refractivity contribution is 7.53. The van der Waals surface area contributed by atoms with Crippen LogP contribution in [0.2, 0.25) is 18.1 Å². The summed E-state index contributed by atoms with van der Waals surface area (Å²) in [6.07, 6.45) is -3.20. The van der Waals surface area contributed by atoms with Gasteiger partial charge in [-0.15, -0.1) is 0 Å². The number of amides is 1. The molecule has 3 fully saturated rings. The number of hydrogen-bond acceptors (Lipinski definition) is 15. The third-order valence-electron chi connectivity index (χ3n) is 11.5. The van der Waals surface area contributed by atoms with Crippen LogP contribution in [0, 0.1) is 12.8 Å². The standard InChI is InChI=1S/C37H48N8O12P2Si/c1-20-27-24(53-35(20)44-15-14-23-30(38-18-39-31(23)44)43-33(46)22-12-10-9-11-13-22)17-52-59(49,50)56-29-28(57-60(7,8)37(3,4)5)25(16-51-58(6,48)55-27)54-36(29)45-19-40-26-32(45)41-21(2)42-34(26)47/h9-15,18-20,24-25,27-29,35-36H,16-17H2,1-8H3,(H,49,50)(H,41,42,47)(H,38,39,43,46)/t20?,24-,25-,27-,28+,29?,35-,36-,58?/m1/s1. The molecule has 0 radical (unpaired) electrons. The van der Waals surface area contributed by atoms with Gasteiger partial charge in [-0.05, 0) is 43.3 Å². The molecule has 5 aromatic rings. The lowest BCUT2D eigenvalue weighted by molar-refractivity contribution is -0.0634. The number of aryl methyl sites for hydroxylation is 1. The lowest BCUT2D eigenvalue weighted by atomic mass is 10.0.